The Morgan fingerprint density at radius 3 is 2.57 bits per heavy atom. The van der Waals surface area contributed by atoms with Crippen molar-refractivity contribution in [1.29, 1.82) is 0 Å². The highest BCUT2D eigenvalue weighted by Gasteiger charge is 2.09. The van der Waals surface area contributed by atoms with Gasteiger partial charge in [0.05, 0.1) is 0 Å². The Balaban J connectivity index is 3.09. The zero-order valence-corrected chi connectivity index (χ0v) is 8.96. The number of carbonyl (C=O) groups excluding carboxylic acids is 1. The van der Waals surface area contributed by atoms with Gasteiger partial charge in [-0.05, 0) is 19.1 Å². The van der Waals surface area contributed by atoms with Crippen molar-refractivity contribution in [3.05, 3.63) is 23.4 Å². The maximum Gasteiger partial charge on any atom is 0.253 e. The number of pyridine rings is 1. The summed E-state index contributed by atoms with van der Waals surface area (Å²) >= 11 is 0. The van der Waals surface area contributed by atoms with Crippen molar-refractivity contribution in [2.24, 2.45) is 0 Å². The van der Waals surface area contributed by atoms with Gasteiger partial charge in [-0.25, -0.2) is 4.98 Å². The zero-order valence-electron chi connectivity index (χ0n) is 8.96. The van der Waals surface area contributed by atoms with Gasteiger partial charge < -0.3 is 10.2 Å². The van der Waals surface area contributed by atoms with Crippen LogP contribution in [0.4, 0.5) is 5.82 Å². The van der Waals surface area contributed by atoms with Crippen LogP contribution in [-0.2, 0) is 0 Å². The third kappa shape index (κ3) is 2.22. The number of nitrogens with zero attached hydrogens (tertiary/aromatic N) is 2. The fourth-order valence-corrected chi connectivity index (χ4v) is 1.18. The van der Waals surface area contributed by atoms with Gasteiger partial charge in [-0.15, -0.1) is 0 Å². The van der Waals surface area contributed by atoms with E-state index in [9.17, 15) is 4.79 Å². The summed E-state index contributed by atoms with van der Waals surface area (Å²) in [7, 11) is 5.25. The predicted molar refractivity (Wildman–Crippen MR) is 56.5 cm³/mol. The zero-order chi connectivity index (χ0) is 10.7. The van der Waals surface area contributed by atoms with E-state index in [2.05, 4.69) is 10.3 Å². The summed E-state index contributed by atoms with van der Waals surface area (Å²) in [6.07, 6.45) is 0. The van der Waals surface area contributed by atoms with Crippen LogP contribution < -0.4 is 5.32 Å². The molecule has 1 N–H and O–H groups in total. The largest absolute Gasteiger partial charge is 0.373 e. The van der Waals surface area contributed by atoms with Crippen LogP contribution in [0.25, 0.3) is 0 Å². The third-order valence-corrected chi connectivity index (χ3v) is 1.86. The third-order valence-electron chi connectivity index (χ3n) is 1.86. The Bertz CT molecular complexity index is 347. The molecule has 0 aliphatic heterocycles. The van der Waals surface area contributed by atoms with Crippen LogP contribution in [0, 0.1) is 6.92 Å². The summed E-state index contributed by atoms with van der Waals surface area (Å²) < 4.78 is 0. The highest BCUT2D eigenvalue weighted by molar-refractivity contribution is 5.94. The summed E-state index contributed by atoms with van der Waals surface area (Å²) in [6, 6.07) is 3.53. The molecular formula is C10H15N3O. The Morgan fingerprint density at radius 2 is 2.07 bits per heavy atom. The van der Waals surface area contributed by atoms with Gasteiger partial charge in [0.15, 0.2) is 0 Å². The molecular weight excluding hydrogens is 178 g/mol. The van der Waals surface area contributed by atoms with Gasteiger partial charge in [0.25, 0.3) is 5.91 Å². The number of aromatic nitrogens is 1. The monoisotopic (exact) mass is 193 g/mol. The van der Waals surface area contributed by atoms with E-state index in [1.807, 2.05) is 6.92 Å². The normalized spacial score (nSPS) is 9.71. The second-order valence-electron chi connectivity index (χ2n) is 3.33. The first kappa shape index (κ1) is 10.5. The van der Waals surface area contributed by atoms with Gasteiger partial charge in [-0.2, -0.15) is 0 Å². The molecule has 4 nitrogen and oxygen atoms in total. The molecule has 1 heterocycles. The number of hydrogen-bond acceptors (Lipinski definition) is 3. The smallest absolute Gasteiger partial charge is 0.253 e. The fourth-order valence-electron chi connectivity index (χ4n) is 1.18. The lowest BCUT2D eigenvalue weighted by Crippen LogP contribution is -2.22. The first-order chi connectivity index (χ1) is 6.54. The quantitative estimate of drug-likeness (QED) is 0.766. The van der Waals surface area contributed by atoms with Crippen LogP contribution in [-0.4, -0.2) is 36.9 Å². The molecule has 0 aromatic carbocycles. The van der Waals surface area contributed by atoms with Crippen molar-refractivity contribution in [2.45, 2.75) is 6.92 Å². The highest BCUT2D eigenvalue weighted by Crippen LogP contribution is 2.10. The van der Waals surface area contributed by atoms with Gasteiger partial charge in [-0.1, -0.05) is 0 Å². The average Bonchev–Trinajstić information content (AvgIpc) is 2.15. The minimum Gasteiger partial charge on any atom is -0.373 e. The Morgan fingerprint density at radius 1 is 1.43 bits per heavy atom. The van der Waals surface area contributed by atoms with Crippen LogP contribution in [0.2, 0.25) is 0 Å². The molecule has 0 saturated heterocycles. The number of carbonyl (C=O) groups is 1. The summed E-state index contributed by atoms with van der Waals surface area (Å²) in [5.74, 6) is 0.710. The van der Waals surface area contributed by atoms with Gasteiger partial charge in [-0.3, -0.25) is 4.79 Å². The minimum absolute atomic E-state index is 0.00741. The first-order valence-corrected chi connectivity index (χ1v) is 4.42. The number of nitrogens with one attached hydrogen (secondary N) is 1. The SMILES string of the molecule is CNc1cc(C(=O)N(C)C)cc(C)n1. The molecule has 0 radical (unpaired) electrons. The number of hydrogen-bond donors (Lipinski definition) is 1. The Hall–Kier alpha value is -1.58. The summed E-state index contributed by atoms with van der Waals surface area (Å²) in [4.78, 5) is 17.4. The second kappa shape index (κ2) is 4.09. The van der Waals surface area contributed by atoms with E-state index in [1.54, 1.807) is 38.2 Å². The molecule has 0 saturated carbocycles. The molecule has 0 aliphatic rings. The molecule has 0 atom stereocenters. The van der Waals surface area contributed by atoms with Crippen molar-refractivity contribution >= 4 is 11.7 Å². The van der Waals surface area contributed by atoms with Gasteiger partial charge in [0, 0.05) is 32.4 Å². The summed E-state index contributed by atoms with van der Waals surface area (Å²) in [6.45, 7) is 1.87. The summed E-state index contributed by atoms with van der Waals surface area (Å²) in [5, 5.41) is 2.92. The van der Waals surface area contributed by atoms with Crippen molar-refractivity contribution in [1.82, 2.24) is 9.88 Å². The molecule has 14 heavy (non-hydrogen) atoms. The highest BCUT2D eigenvalue weighted by atomic mass is 16.2. The van der Waals surface area contributed by atoms with Gasteiger partial charge >= 0.3 is 0 Å². The average molecular weight is 193 g/mol. The van der Waals surface area contributed by atoms with Gasteiger partial charge in [0.2, 0.25) is 0 Å². The topological polar surface area (TPSA) is 45.2 Å². The number of anilines is 1. The molecule has 0 fully saturated rings. The molecule has 1 aromatic heterocycles. The number of amides is 1. The van der Waals surface area contributed by atoms with Crippen LogP contribution in [0.15, 0.2) is 12.1 Å². The second-order valence-corrected chi connectivity index (χ2v) is 3.33. The molecule has 1 aromatic rings. The lowest BCUT2D eigenvalue weighted by atomic mass is 10.2. The maximum atomic E-state index is 11.6. The standard InChI is InChI=1S/C10H15N3O/c1-7-5-8(10(14)13(3)4)6-9(11-2)12-7/h5-6H,1-4H3,(H,11,12). The fraction of sp³-hybridized carbons (Fsp3) is 0.400. The minimum atomic E-state index is -0.00741. The van der Waals surface area contributed by atoms with E-state index in [0.29, 0.717) is 5.56 Å². The van der Waals surface area contributed by atoms with E-state index in [-0.39, 0.29) is 5.91 Å². The van der Waals surface area contributed by atoms with Crippen molar-refractivity contribution in [3.63, 3.8) is 0 Å². The molecule has 0 aliphatic carbocycles. The van der Waals surface area contributed by atoms with Crippen molar-refractivity contribution in [3.8, 4) is 0 Å². The molecule has 1 amide bonds. The molecule has 0 unspecified atom stereocenters. The molecule has 1 rings (SSSR count). The lowest BCUT2D eigenvalue weighted by Gasteiger charge is -2.11. The number of aryl methyl sites for hydroxylation is 1. The van der Waals surface area contributed by atoms with Crippen LogP contribution in [0.1, 0.15) is 16.1 Å². The molecule has 4 heteroatoms. The van der Waals surface area contributed by atoms with Crippen molar-refractivity contribution < 1.29 is 4.79 Å². The number of rotatable bonds is 2. The first-order valence-electron chi connectivity index (χ1n) is 4.42. The predicted octanol–water partition coefficient (Wildman–Crippen LogP) is 1.13. The van der Waals surface area contributed by atoms with Gasteiger partial charge in [0.1, 0.15) is 5.82 Å². The van der Waals surface area contributed by atoms with E-state index in [0.717, 1.165) is 11.5 Å². The van der Waals surface area contributed by atoms with E-state index < -0.39 is 0 Å². The van der Waals surface area contributed by atoms with E-state index in [4.69, 9.17) is 0 Å². The van der Waals surface area contributed by atoms with Crippen LogP contribution in [0.3, 0.4) is 0 Å². The Kier molecular flexibility index (Phi) is 3.06. The Labute approximate surface area is 83.9 Å². The summed E-state index contributed by atoms with van der Waals surface area (Å²) in [5.41, 5.74) is 1.49. The molecule has 76 valence electrons. The maximum absolute atomic E-state index is 11.6. The van der Waals surface area contributed by atoms with Crippen molar-refractivity contribution in [2.75, 3.05) is 26.5 Å². The van der Waals surface area contributed by atoms with E-state index in [1.165, 1.54) is 0 Å². The van der Waals surface area contributed by atoms with Crippen LogP contribution >= 0.6 is 0 Å². The van der Waals surface area contributed by atoms with E-state index >= 15 is 0 Å². The molecule has 0 spiro atoms. The van der Waals surface area contributed by atoms with Crippen LogP contribution in [0.5, 0.6) is 0 Å². The lowest BCUT2D eigenvalue weighted by molar-refractivity contribution is 0.0827. The molecule has 0 bridgehead atoms.